The van der Waals surface area contributed by atoms with Gasteiger partial charge in [0.15, 0.2) is 0 Å². The van der Waals surface area contributed by atoms with Crippen molar-refractivity contribution in [1.29, 1.82) is 0 Å². The third-order valence-corrected chi connectivity index (χ3v) is 5.80. The van der Waals surface area contributed by atoms with Gasteiger partial charge in [-0.05, 0) is 25.1 Å². The molecule has 0 spiro atoms. The van der Waals surface area contributed by atoms with Crippen LogP contribution in [-0.2, 0) is 28.5 Å². The molecule has 0 saturated carbocycles. The summed E-state index contributed by atoms with van der Waals surface area (Å²) in [6, 6.07) is 9.70. The van der Waals surface area contributed by atoms with E-state index in [0.29, 0.717) is 6.61 Å². The molecule has 0 unspecified atom stereocenters. The van der Waals surface area contributed by atoms with E-state index in [0.717, 1.165) is 11.6 Å². The van der Waals surface area contributed by atoms with Crippen LogP contribution in [0.5, 0.6) is 0 Å². The monoisotopic (exact) mass is 513 g/mol. The Morgan fingerprint density at radius 2 is 1.37 bits per heavy atom. The first-order valence-corrected chi connectivity index (χ1v) is 12.0. The fourth-order valence-electron chi connectivity index (χ4n) is 2.71. The number of non-ortho nitro benzene ring substituents is 1. The second-order valence-corrected chi connectivity index (χ2v) is 8.68. The van der Waals surface area contributed by atoms with Gasteiger partial charge < -0.3 is 19.5 Å². The van der Waals surface area contributed by atoms with E-state index in [9.17, 15) is 28.6 Å². The molecule has 35 heavy (non-hydrogen) atoms. The van der Waals surface area contributed by atoms with Crippen LogP contribution >= 0.6 is 0 Å². The number of hydrogen-bond acceptors (Lipinski definition) is 11. The number of anilines is 1. The summed E-state index contributed by atoms with van der Waals surface area (Å²) in [6.45, 7) is 3.43. The van der Waals surface area contributed by atoms with Crippen LogP contribution < -0.4 is 5.32 Å². The average molecular weight is 514 g/mol. The highest BCUT2D eigenvalue weighted by Crippen LogP contribution is 2.28. The smallest absolute Gasteiger partial charge is 0.299 e. The van der Waals surface area contributed by atoms with Crippen LogP contribution in [0.4, 0.5) is 17.1 Å². The summed E-state index contributed by atoms with van der Waals surface area (Å²) in [5, 5.41) is 24.6. The zero-order chi connectivity index (χ0) is 25.7. The van der Waals surface area contributed by atoms with Crippen molar-refractivity contribution in [1.82, 2.24) is 0 Å². The largest absolute Gasteiger partial charge is 0.377 e. The van der Waals surface area contributed by atoms with E-state index >= 15 is 0 Å². The molecule has 0 aliphatic heterocycles. The number of nitro benzene ring substituents is 2. The van der Waals surface area contributed by atoms with Crippen molar-refractivity contribution in [3.05, 3.63) is 68.3 Å². The van der Waals surface area contributed by atoms with Gasteiger partial charge in [-0.15, -0.1) is 0 Å². The standard InChI is InChI=1S/C21H27N3O10S/c1-17-2-5-19(6-3-17)35(29,30)34-15-14-33-13-12-32-11-10-31-9-8-22-20-7-4-18(23(25)26)16-21(20)24(27)28/h2-7,16,22H,8-15H2,1H3. The first-order valence-electron chi connectivity index (χ1n) is 10.6. The molecule has 2 aromatic carbocycles. The van der Waals surface area contributed by atoms with Gasteiger partial charge in [-0.2, -0.15) is 8.42 Å². The predicted octanol–water partition coefficient (Wildman–Crippen LogP) is 2.68. The minimum absolute atomic E-state index is 0.0887. The SMILES string of the molecule is Cc1ccc(S(=O)(=O)OCCOCCOCCOCCNc2ccc([N+](=O)[O-])cc2[N+](=O)[O-])cc1. The number of benzene rings is 2. The number of nitrogens with one attached hydrogen (secondary N) is 1. The van der Waals surface area contributed by atoms with Gasteiger partial charge >= 0.3 is 0 Å². The van der Waals surface area contributed by atoms with Gasteiger partial charge in [0.25, 0.3) is 21.5 Å². The fraction of sp³-hybridized carbons (Fsp3) is 0.429. The van der Waals surface area contributed by atoms with E-state index in [-0.39, 0.29) is 68.1 Å². The Hall–Kier alpha value is -3.17. The first kappa shape index (κ1) is 28.1. The normalized spacial score (nSPS) is 11.3. The van der Waals surface area contributed by atoms with Crippen LogP contribution in [0.1, 0.15) is 5.56 Å². The van der Waals surface area contributed by atoms with Crippen molar-refractivity contribution in [2.45, 2.75) is 11.8 Å². The van der Waals surface area contributed by atoms with Crippen molar-refractivity contribution in [3.63, 3.8) is 0 Å². The number of rotatable bonds is 17. The minimum atomic E-state index is -3.81. The summed E-state index contributed by atoms with van der Waals surface area (Å²) in [5.74, 6) is 0. The maximum Gasteiger partial charge on any atom is 0.299 e. The maximum absolute atomic E-state index is 12.0. The summed E-state index contributed by atoms with van der Waals surface area (Å²) in [6.07, 6.45) is 0. The fourth-order valence-corrected chi connectivity index (χ4v) is 3.60. The van der Waals surface area contributed by atoms with Crippen molar-refractivity contribution >= 4 is 27.2 Å². The molecular weight excluding hydrogens is 486 g/mol. The van der Waals surface area contributed by atoms with Gasteiger partial charge in [0.05, 0.1) is 67.1 Å². The number of hydrogen-bond donors (Lipinski definition) is 1. The highest BCUT2D eigenvalue weighted by atomic mass is 32.2. The van der Waals surface area contributed by atoms with Crippen LogP contribution in [0.25, 0.3) is 0 Å². The van der Waals surface area contributed by atoms with Gasteiger partial charge in [-0.1, -0.05) is 17.7 Å². The molecule has 0 aliphatic rings. The van der Waals surface area contributed by atoms with Crippen LogP contribution in [-0.4, -0.2) is 71.1 Å². The lowest BCUT2D eigenvalue weighted by Crippen LogP contribution is -2.15. The van der Waals surface area contributed by atoms with Gasteiger partial charge in [0.2, 0.25) is 0 Å². The quantitative estimate of drug-likeness (QED) is 0.143. The molecule has 192 valence electrons. The van der Waals surface area contributed by atoms with Crippen molar-refractivity contribution in [2.24, 2.45) is 0 Å². The molecule has 0 amide bonds. The first-order chi connectivity index (χ1) is 16.7. The number of nitrogens with zero attached hydrogens (tertiary/aromatic N) is 2. The van der Waals surface area contributed by atoms with E-state index < -0.39 is 20.0 Å². The Morgan fingerprint density at radius 1 is 0.800 bits per heavy atom. The highest BCUT2D eigenvalue weighted by molar-refractivity contribution is 7.86. The number of aryl methyl sites for hydroxylation is 1. The molecule has 2 rings (SSSR count). The molecule has 13 nitrogen and oxygen atoms in total. The summed E-state index contributed by atoms with van der Waals surface area (Å²) in [7, 11) is -3.81. The summed E-state index contributed by atoms with van der Waals surface area (Å²) < 4.78 is 44.9. The topological polar surface area (TPSA) is 169 Å². The second-order valence-electron chi connectivity index (χ2n) is 7.07. The molecule has 0 heterocycles. The zero-order valence-corrected chi connectivity index (χ0v) is 19.9. The van der Waals surface area contributed by atoms with Crippen molar-refractivity contribution in [2.75, 3.05) is 58.1 Å². The predicted molar refractivity (Wildman–Crippen MR) is 125 cm³/mol. The second kappa shape index (κ2) is 14.3. The van der Waals surface area contributed by atoms with Gasteiger partial charge in [0.1, 0.15) is 5.69 Å². The summed E-state index contributed by atoms with van der Waals surface area (Å²) in [4.78, 5) is 20.5. The maximum atomic E-state index is 12.0. The molecule has 0 atom stereocenters. The molecule has 0 aromatic heterocycles. The Kier molecular flexibility index (Phi) is 11.5. The van der Waals surface area contributed by atoms with E-state index in [1.54, 1.807) is 12.1 Å². The van der Waals surface area contributed by atoms with Gasteiger partial charge in [0, 0.05) is 12.6 Å². The van der Waals surface area contributed by atoms with E-state index in [1.807, 2.05) is 6.92 Å². The minimum Gasteiger partial charge on any atom is -0.377 e. The van der Waals surface area contributed by atoms with Crippen molar-refractivity contribution < 1.29 is 36.7 Å². The Labute approximate surface area is 202 Å². The average Bonchev–Trinajstić information content (AvgIpc) is 2.82. The lowest BCUT2D eigenvalue weighted by Gasteiger charge is -2.09. The Morgan fingerprint density at radius 3 is 1.94 bits per heavy atom. The van der Waals surface area contributed by atoms with E-state index in [1.165, 1.54) is 24.3 Å². The summed E-state index contributed by atoms with van der Waals surface area (Å²) in [5.41, 5.74) is 0.358. The molecular formula is C21H27N3O10S. The molecule has 2 aromatic rings. The van der Waals surface area contributed by atoms with Crippen LogP contribution in [0.2, 0.25) is 0 Å². The zero-order valence-electron chi connectivity index (χ0n) is 19.1. The molecule has 0 aliphatic carbocycles. The van der Waals surface area contributed by atoms with Crippen LogP contribution in [0.15, 0.2) is 47.4 Å². The molecule has 0 bridgehead atoms. The third-order valence-electron chi connectivity index (χ3n) is 4.47. The van der Waals surface area contributed by atoms with E-state index in [4.69, 9.17) is 18.4 Å². The lowest BCUT2D eigenvalue weighted by molar-refractivity contribution is -0.393. The Bertz CT molecular complexity index is 1080. The van der Waals surface area contributed by atoms with E-state index in [2.05, 4.69) is 5.32 Å². The lowest BCUT2D eigenvalue weighted by atomic mass is 10.2. The number of ether oxygens (including phenoxy) is 3. The molecule has 14 heteroatoms. The molecule has 0 radical (unpaired) electrons. The van der Waals surface area contributed by atoms with Gasteiger partial charge in [-0.25, -0.2) is 0 Å². The molecule has 0 fully saturated rings. The van der Waals surface area contributed by atoms with Crippen molar-refractivity contribution in [3.8, 4) is 0 Å². The molecule has 0 saturated heterocycles. The Balaban J connectivity index is 1.49. The molecule has 1 N–H and O–H groups in total. The van der Waals surface area contributed by atoms with Gasteiger partial charge in [-0.3, -0.25) is 24.4 Å². The number of nitro groups is 2. The van der Waals surface area contributed by atoms with Crippen LogP contribution in [0, 0.1) is 27.2 Å². The summed E-state index contributed by atoms with van der Waals surface area (Å²) >= 11 is 0. The third kappa shape index (κ3) is 9.92. The highest BCUT2D eigenvalue weighted by Gasteiger charge is 2.19. The van der Waals surface area contributed by atoms with Crippen LogP contribution in [0.3, 0.4) is 0 Å².